The summed E-state index contributed by atoms with van der Waals surface area (Å²) < 4.78 is 13.7. The predicted molar refractivity (Wildman–Crippen MR) is 106 cm³/mol. The van der Waals surface area contributed by atoms with Gasteiger partial charge in [-0.15, -0.1) is 0 Å². The normalized spacial score (nSPS) is 18.6. The lowest BCUT2D eigenvalue weighted by atomic mass is 10.1. The highest BCUT2D eigenvalue weighted by Crippen LogP contribution is 2.39. The van der Waals surface area contributed by atoms with Gasteiger partial charge >= 0.3 is 0 Å². The average Bonchev–Trinajstić information content (AvgIpc) is 3.37. The molecule has 1 amide bonds. The molecule has 0 N–H and O–H groups in total. The monoisotopic (exact) mass is 377 g/mol. The second-order valence-electron chi connectivity index (χ2n) is 7.19. The van der Waals surface area contributed by atoms with Crippen molar-refractivity contribution in [3.8, 4) is 11.5 Å². The van der Waals surface area contributed by atoms with Crippen molar-refractivity contribution >= 4 is 16.9 Å². The van der Waals surface area contributed by atoms with Crippen molar-refractivity contribution in [2.24, 2.45) is 0 Å². The van der Waals surface area contributed by atoms with Gasteiger partial charge in [0.05, 0.1) is 22.6 Å². The van der Waals surface area contributed by atoms with E-state index in [0.29, 0.717) is 30.3 Å². The Morgan fingerprint density at radius 2 is 2.00 bits per heavy atom. The number of aryl methyl sites for hydroxylation is 1. The van der Waals surface area contributed by atoms with Gasteiger partial charge in [0.25, 0.3) is 5.91 Å². The molecule has 1 unspecified atom stereocenters. The molecule has 0 aliphatic carbocycles. The third kappa shape index (κ3) is 2.63. The van der Waals surface area contributed by atoms with Crippen LogP contribution in [-0.4, -0.2) is 40.1 Å². The Morgan fingerprint density at radius 1 is 1.14 bits per heavy atom. The Morgan fingerprint density at radius 3 is 2.89 bits per heavy atom. The lowest BCUT2D eigenvalue weighted by Gasteiger charge is -2.27. The Kier molecular flexibility index (Phi) is 4.19. The third-order valence-electron chi connectivity index (χ3n) is 5.61. The van der Waals surface area contributed by atoms with Crippen LogP contribution in [0.15, 0.2) is 42.5 Å². The number of rotatable bonds is 3. The molecule has 0 radical (unpaired) electrons. The van der Waals surface area contributed by atoms with E-state index in [2.05, 4.69) is 17.6 Å². The number of likely N-dealkylation sites (tertiary alicyclic amines) is 1. The van der Waals surface area contributed by atoms with Crippen molar-refractivity contribution in [2.75, 3.05) is 19.8 Å². The van der Waals surface area contributed by atoms with Crippen LogP contribution in [0, 0.1) is 0 Å². The Balaban J connectivity index is 1.54. The van der Waals surface area contributed by atoms with Crippen molar-refractivity contribution in [2.45, 2.75) is 32.4 Å². The van der Waals surface area contributed by atoms with Gasteiger partial charge in [0.1, 0.15) is 19.0 Å². The summed E-state index contributed by atoms with van der Waals surface area (Å²) >= 11 is 0. The van der Waals surface area contributed by atoms with Crippen LogP contribution in [0.3, 0.4) is 0 Å². The van der Waals surface area contributed by atoms with Gasteiger partial charge in [-0.05, 0) is 44.0 Å². The molecule has 1 fully saturated rings. The number of benzene rings is 2. The first-order chi connectivity index (χ1) is 13.8. The second-order valence-corrected chi connectivity index (χ2v) is 7.19. The molecule has 0 spiro atoms. The Labute approximate surface area is 163 Å². The molecule has 3 heterocycles. The summed E-state index contributed by atoms with van der Waals surface area (Å²) in [7, 11) is 0. The molecule has 5 rings (SSSR count). The highest BCUT2D eigenvalue weighted by molar-refractivity contribution is 5.98. The van der Waals surface area contributed by atoms with E-state index in [9.17, 15) is 4.79 Å². The first kappa shape index (κ1) is 17.1. The van der Waals surface area contributed by atoms with Crippen LogP contribution in [-0.2, 0) is 6.54 Å². The van der Waals surface area contributed by atoms with Crippen molar-refractivity contribution in [3.05, 3.63) is 53.9 Å². The number of fused-ring (bicyclic) bond motifs is 2. The van der Waals surface area contributed by atoms with E-state index < -0.39 is 0 Å². The molecule has 28 heavy (non-hydrogen) atoms. The SMILES string of the molecule is CCn1c(C2CCCN2C(=O)c2cccc3c2OCCO3)nc2ccccc21. The van der Waals surface area contributed by atoms with E-state index in [1.807, 2.05) is 41.3 Å². The van der Waals surface area contributed by atoms with Crippen LogP contribution >= 0.6 is 0 Å². The van der Waals surface area contributed by atoms with Gasteiger partial charge in [0, 0.05) is 13.1 Å². The summed E-state index contributed by atoms with van der Waals surface area (Å²) in [4.78, 5) is 20.3. The van der Waals surface area contributed by atoms with Gasteiger partial charge < -0.3 is 18.9 Å². The van der Waals surface area contributed by atoms with E-state index in [1.54, 1.807) is 0 Å². The number of imidazole rings is 1. The molecule has 3 aromatic rings. The molecule has 2 aliphatic heterocycles. The number of carbonyl (C=O) groups is 1. The Hall–Kier alpha value is -3.02. The molecule has 1 saturated heterocycles. The van der Waals surface area contributed by atoms with Crippen LogP contribution < -0.4 is 9.47 Å². The zero-order valence-corrected chi connectivity index (χ0v) is 15.9. The van der Waals surface area contributed by atoms with Crippen LogP contribution in [0.1, 0.15) is 42.0 Å². The molecule has 1 aromatic heterocycles. The van der Waals surface area contributed by atoms with Gasteiger partial charge in [-0.2, -0.15) is 0 Å². The van der Waals surface area contributed by atoms with Crippen molar-refractivity contribution in [1.29, 1.82) is 0 Å². The van der Waals surface area contributed by atoms with Crippen LogP contribution in [0.4, 0.5) is 0 Å². The molecule has 1 atom stereocenters. The highest BCUT2D eigenvalue weighted by atomic mass is 16.6. The van der Waals surface area contributed by atoms with Gasteiger partial charge in [0.2, 0.25) is 0 Å². The zero-order chi connectivity index (χ0) is 19.1. The molecular weight excluding hydrogens is 354 g/mol. The summed E-state index contributed by atoms with van der Waals surface area (Å²) in [5.41, 5.74) is 2.67. The standard InChI is InChI=1S/C22H23N3O3/c1-2-24-17-9-4-3-8-16(17)23-21(24)18-10-6-12-25(18)22(26)15-7-5-11-19-20(15)28-14-13-27-19/h3-5,7-9,11,18H,2,6,10,12-14H2,1H3. The molecule has 0 bridgehead atoms. The predicted octanol–water partition coefficient (Wildman–Crippen LogP) is 3.80. The minimum Gasteiger partial charge on any atom is -0.486 e. The summed E-state index contributed by atoms with van der Waals surface area (Å²) in [6.07, 6.45) is 1.89. The minimum atomic E-state index is -0.0276. The molecule has 0 saturated carbocycles. The third-order valence-corrected chi connectivity index (χ3v) is 5.61. The summed E-state index contributed by atoms with van der Waals surface area (Å²) in [6.45, 7) is 4.65. The lowest BCUT2D eigenvalue weighted by Crippen LogP contribution is -2.33. The molecule has 144 valence electrons. The fraction of sp³-hybridized carbons (Fsp3) is 0.364. The number of carbonyl (C=O) groups excluding carboxylic acids is 1. The largest absolute Gasteiger partial charge is 0.486 e. The maximum Gasteiger partial charge on any atom is 0.258 e. The summed E-state index contributed by atoms with van der Waals surface area (Å²) in [5.74, 6) is 2.16. The second kappa shape index (κ2) is 6.86. The van der Waals surface area contributed by atoms with Crippen molar-refractivity contribution in [1.82, 2.24) is 14.5 Å². The van der Waals surface area contributed by atoms with Gasteiger partial charge in [-0.3, -0.25) is 4.79 Å². The van der Waals surface area contributed by atoms with Crippen molar-refractivity contribution in [3.63, 3.8) is 0 Å². The highest BCUT2D eigenvalue weighted by Gasteiger charge is 2.35. The van der Waals surface area contributed by atoms with E-state index in [1.165, 1.54) is 0 Å². The summed E-state index contributed by atoms with van der Waals surface area (Å²) in [6, 6.07) is 13.7. The zero-order valence-electron chi connectivity index (χ0n) is 15.9. The number of ether oxygens (including phenoxy) is 2. The molecule has 6 nitrogen and oxygen atoms in total. The minimum absolute atomic E-state index is 0.0143. The quantitative estimate of drug-likeness (QED) is 0.697. The first-order valence-corrected chi connectivity index (χ1v) is 9.92. The van der Waals surface area contributed by atoms with Crippen LogP contribution in [0.2, 0.25) is 0 Å². The smallest absolute Gasteiger partial charge is 0.258 e. The summed E-state index contributed by atoms with van der Waals surface area (Å²) in [5, 5.41) is 0. The number of hydrogen-bond acceptors (Lipinski definition) is 4. The number of aromatic nitrogens is 2. The molecular formula is C22H23N3O3. The average molecular weight is 377 g/mol. The van der Waals surface area contributed by atoms with E-state index >= 15 is 0 Å². The lowest BCUT2D eigenvalue weighted by molar-refractivity contribution is 0.0717. The number of amides is 1. The first-order valence-electron chi connectivity index (χ1n) is 9.92. The molecule has 2 aromatic carbocycles. The fourth-order valence-electron chi connectivity index (χ4n) is 4.36. The van der Waals surface area contributed by atoms with Gasteiger partial charge in [-0.25, -0.2) is 4.98 Å². The van der Waals surface area contributed by atoms with Gasteiger partial charge in [0.15, 0.2) is 11.5 Å². The van der Waals surface area contributed by atoms with E-state index in [4.69, 9.17) is 14.5 Å². The fourth-order valence-corrected chi connectivity index (χ4v) is 4.36. The van der Waals surface area contributed by atoms with E-state index in [-0.39, 0.29) is 11.9 Å². The Bertz CT molecular complexity index is 1040. The maximum atomic E-state index is 13.5. The number of nitrogens with zero attached hydrogens (tertiary/aromatic N) is 3. The van der Waals surface area contributed by atoms with E-state index in [0.717, 1.165) is 42.8 Å². The van der Waals surface area contributed by atoms with Crippen LogP contribution in [0.5, 0.6) is 11.5 Å². The molecule has 6 heteroatoms. The molecule has 2 aliphatic rings. The van der Waals surface area contributed by atoms with Crippen LogP contribution in [0.25, 0.3) is 11.0 Å². The van der Waals surface area contributed by atoms with Crippen molar-refractivity contribution < 1.29 is 14.3 Å². The van der Waals surface area contributed by atoms with Gasteiger partial charge in [-0.1, -0.05) is 18.2 Å². The number of hydrogen-bond donors (Lipinski definition) is 0. The topological polar surface area (TPSA) is 56.6 Å². The number of para-hydroxylation sites is 3. The maximum absolute atomic E-state index is 13.5.